The average Bonchev–Trinajstić information content (AvgIpc) is 3.05. The van der Waals surface area contributed by atoms with Crippen molar-refractivity contribution < 1.29 is 9.59 Å². The van der Waals surface area contributed by atoms with Gasteiger partial charge in [0.2, 0.25) is 0 Å². The molecule has 0 saturated heterocycles. The predicted octanol–water partition coefficient (Wildman–Crippen LogP) is 6.99. The van der Waals surface area contributed by atoms with Crippen LogP contribution in [-0.2, 0) is 4.79 Å². The second-order valence-electron chi connectivity index (χ2n) is 10.8. The molecule has 2 aliphatic rings. The van der Waals surface area contributed by atoms with Crippen molar-refractivity contribution in [3.8, 4) is 0 Å². The van der Waals surface area contributed by atoms with Crippen molar-refractivity contribution in [1.82, 2.24) is 0 Å². The molecule has 5 nitrogen and oxygen atoms in total. The van der Waals surface area contributed by atoms with Gasteiger partial charge in [0.15, 0.2) is 11.6 Å². The van der Waals surface area contributed by atoms with Crippen LogP contribution in [-0.4, -0.2) is 24.7 Å². The first-order valence-corrected chi connectivity index (χ1v) is 13.2. The number of Topliss-reactive ketones (excluding diaryl/α,β-unsaturated/α-hetero) is 1. The number of ketones is 2. The Morgan fingerprint density at radius 2 is 1.59 bits per heavy atom. The van der Waals surface area contributed by atoms with Gasteiger partial charge in [-0.15, -0.1) is 0 Å². The summed E-state index contributed by atoms with van der Waals surface area (Å²) in [4.78, 5) is 29.0. The number of hydrogen-bond donors (Lipinski definition) is 2. The van der Waals surface area contributed by atoms with Crippen molar-refractivity contribution in [3.05, 3.63) is 101 Å². The zero-order chi connectivity index (χ0) is 26.2. The van der Waals surface area contributed by atoms with E-state index in [1.165, 1.54) is 5.69 Å². The van der Waals surface area contributed by atoms with E-state index >= 15 is 0 Å². The predicted molar refractivity (Wildman–Crippen MR) is 151 cm³/mol. The lowest BCUT2D eigenvalue weighted by Crippen LogP contribution is -2.31. The summed E-state index contributed by atoms with van der Waals surface area (Å²) in [6, 6.07) is 23.3. The number of carbonyl (C=O) groups excluding carboxylic acids is 2. The maximum Gasteiger partial charge on any atom is 0.193 e. The summed E-state index contributed by atoms with van der Waals surface area (Å²) in [5.74, 6) is 0.143. The molecule has 0 radical (unpaired) electrons. The Morgan fingerprint density at radius 1 is 0.892 bits per heavy atom. The van der Waals surface area contributed by atoms with Crippen molar-refractivity contribution in [2.45, 2.75) is 46.6 Å². The number of carbonyl (C=O) groups is 2. The first kappa shape index (κ1) is 24.8. The van der Waals surface area contributed by atoms with E-state index in [0.717, 1.165) is 47.7 Å². The molecule has 1 aliphatic carbocycles. The van der Waals surface area contributed by atoms with Gasteiger partial charge in [-0.1, -0.05) is 56.3 Å². The summed E-state index contributed by atoms with van der Waals surface area (Å²) in [7, 11) is 0. The molecule has 0 unspecified atom stereocenters. The van der Waals surface area contributed by atoms with Gasteiger partial charge < -0.3 is 15.5 Å². The second kappa shape index (κ2) is 9.89. The number of anilines is 3. The Balaban J connectivity index is 1.57. The molecule has 3 aromatic rings. The zero-order valence-corrected chi connectivity index (χ0v) is 22.1. The van der Waals surface area contributed by atoms with Crippen LogP contribution in [0.5, 0.6) is 0 Å². The summed E-state index contributed by atoms with van der Waals surface area (Å²) in [5, 5.41) is 7.23. The molecule has 0 aromatic heterocycles. The lowest BCUT2D eigenvalue weighted by Gasteiger charge is -2.34. The number of nitrogens with one attached hydrogen (secondary N) is 2. The van der Waals surface area contributed by atoms with Crippen LogP contribution in [0.4, 0.5) is 17.1 Å². The molecule has 0 saturated carbocycles. The fourth-order valence-electron chi connectivity index (χ4n) is 5.56. The van der Waals surface area contributed by atoms with Crippen molar-refractivity contribution in [1.29, 1.82) is 0 Å². The van der Waals surface area contributed by atoms with Gasteiger partial charge in [-0.25, -0.2) is 0 Å². The molecule has 0 fully saturated rings. The Bertz CT molecular complexity index is 1350. The fourth-order valence-corrected chi connectivity index (χ4v) is 5.56. The third-order valence-electron chi connectivity index (χ3n) is 7.47. The summed E-state index contributed by atoms with van der Waals surface area (Å²) in [6.07, 6.45) is 1.28. The molecular weight excluding hydrogens is 458 g/mol. The Morgan fingerprint density at radius 3 is 2.27 bits per heavy atom. The molecule has 0 amide bonds. The number of allylic oxidation sites excluding steroid dienone is 1. The molecule has 190 valence electrons. The molecule has 0 bridgehead atoms. The minimum Gasteiger partial charge on any atom is -0.372 e. The van der Waals surface area contributed by atoms with E-state index in [1.54, 1.807) is 0 Å². The third-order valence-corrected chi connectivity index (χ3v) is 7.47. The van der Waals surface area contributed by atoms with Crippen LogP contribution in [0.2, 0.25) is 0 Å². The third kappa shape index (κ3) is 4.91. The maximum absolute atomic E-state index is 13.6. The summed E-state index contributed by atoms with van der Waals surface area (Å²) >= 11 is 0. The largest absolute Gasteiger partial charge is 0.372 e. The van der Waals surface area contributed by atoms with Gasteiger partial charge in [0.05, 0.1) is 17.4 Å². The van der Waals surface area contributed by atoms with Crippen LogP contribution in [0, 0.1) is 5.41 Å². The standard InChI is InChI=1S/C32H35N3O2/c1-5-35(6-2)24-15-12-21(13-16-24)30-29-27(19-32(3,4)20-28(29)36)33-26-18-23(14-17-25(26)34-30)31(37)22-10-8-7-9-11-22/h7-18,30,33-34H,5-6,19-20H2,1-4H3/t30-/m1/s1. The minimum atomic E-state index is -0.270. The van der Waals surface area contributed by atoms with Gasteiger partial charge in [-0.3, -0.25) is 9.59 Å². The lowest BCUT2D eigenvalue weighted by molar-refractivity contribution is -0.118. The van der Waals surface area contributed by atoms with Gasteiger partial charge in [-0.05, 0) is 61.6 Å². The van der Waals surface area contributed by atoms with Crippen molar-refractivity contribution in [2.24, 2.45) is 5.41 Å². The fraction of sp³-hybridized carbons (Fsp3) is 0.312. The summed E-state index contributed by atoms with van der Waals surface area (Å²) < 4.78 is 0. The molecule has 3 aromatic carbocycles. The van der Waals surface area contributed by atoms with Gasteiger partial charge in [0, 0.05) is 47.6 Å². The van der Waals surface area contributed by atoms with E-state index in [4.69, 9.17) is 0 Å². The van der Waals surface area contributed by atoms with Gasteiger partial charge in [0.1, 0.15) is 0 Å². The highest BCUT2D eigenvalue weighted by Gasteiger charge is 2.38. The summed E-state index contributed by atoms with van der Waals surface area (Å²) in [5.41, 5.74) is 6.79. The van der Waals surface area contributed by atoms with Crippen LogP contribution in [0.1, 0.15) is 68.1 Å². The highest BCUT2D eigenvalue weighted by Crippen LogP contribution is 2.45. The molecule has 1 atom stereocenters. The van der Waals surface area contributed by atoms with Crippen molar-refractivity contribution in [2.75, 3.05) is 28.6 Å². The average molecular weight is 494 g/mol. The van der Waals surface area contributed by atoms with Crippen LogP contribution in [0.15, 0.2) is 84.1 Å². The quantitative estimate of drug-likeness (QED) is 0.363. The Kier molecular flexibility index (Phi) is 6.63. The van der Waals surface area contributed by atoms with E-state index in [-0.39, 0.29) is 23.0 Å². The molecule has 5 heteroatoms. The molecule has 1 heterocycles. The second-order valence-corrected chi connectivity index (χ2v) is 10.8. The number of hydrogen-bond acceptors (Lipinski definition) is 5. The molecule has 1 aliphatic heterocycles. The van der Waals surface area contributed by atoms with E-state index in [0.29, 0.717) is 17.5 Å². The molecule has 2 N–H and O–H groups in total. The molecule has 0 spiro atoms. The van der Waals surface area contributed by atoms with Gasteiger partial charge in [0.25, 0.3) is 0 Å². The molecule has 37 heavy (non-hydrogen) atoms. The number of rotatable bonds is 6. The first-order valence-electron chi connectivity index (χ1n) is 13.2. The highest BCUT2D eigenvalue weighted by molar-refractivity contribution is 6.10. The number of nitrogens with zero attached hydrogens (tertiary/aromatic N) is 1. The number of benzene rings is 3. The SMILES string of the molecule is CCN(CC)c1ccc([C@H]2Nc3ccc(C(=O)c4ccccc4)cc3NC3=C2C(=O)CC(C)(C)C3)cc1. The van der Waals surface area contributed by atoms with Crippen molar-refractivity contribution >= 4 is 28.6 Å². The van der Waals surface area contributed by atoms with Crippen LogP contribution in [0.3, 0.4) is 0 Å². The maximum atomic E-state index is 13.6. The van der Waals surface area contributed by atoms with E-state index in [9.17, 15) is 9.59 Å². The minimum absolute atomic E-state index is 0.0211. The lowest BCUT2D eigenvalue weighted by atomic mass is 9.73. The Hall–Kier alpha value is -3.86. The smallest absolute Gasteiger partial charge is 0.193 e. The first-order chi connectivity index (χ1) is 17.8. The van der Waals surface area contributed by atoms with Crippen LogP contribution < -0.4 is 15.5 Å². The monoisotopic (exact) mass is 493 g/mol. The van der Waals surface area contributed by atoms with E-state index in [1.807, 2.05) is 48.5 Å². The van der Waals surface area contributed by atoms with Crippen LogP contribution in [0.25, 0.3) is 0 Å². The van der Waals surface area contributed by atoms with Gasteiger partial charge >= 0.3 is 0 Å². The Labute approximate surface area is 219 Å². The summed E-state index contributed by atoms with van der Waals surface area (Å²) in [6.45, 7) is 10.5. The molecule has 5 rings (SSSR count). The molecular formula is C32H35N3O2. The normalized spacial score (nSPS) is 18.2. The van der Waals surface area contributed by atoms with Crippen molar-refractivity contribution in [3.63, 3.8) is 0 Å². The topological polar surface area (TPSA) is 61.4 Å². The number of fused-ring (bicyclic) bond motifs is 1. The van der Waals surface area contributed by atoms with E-state index < -0.39 is 0 Å². The highest BCUT2D eigenvalue weighted by atomic mass is 16.1. The zero-order valence-electron chi connectivity index (χ0n) is 22.1. The van der Waals surface area contributed by atoms with Gasteiger partial charge in [-0.2, -0.15) is 0 Å². The van der Waals surface area contributed by atoms with Crippen LogP contribution >= 0.6 is 0 Å². The van der Waals surface area contributed by atoms with E-state index in [2.05, 4.69) is 67.5 Å².